The van der Waals surface area contributed by atoms with Crippen LogP contribution in [-0.2, 0) is 6.54 Å². The number of hydrogen-bond donors (Lipinski definition) is 1. The third-order valence-corrected chi connectivity index (χ3v) is 4.23. The summed E-state index contributed by atoms with van der Waals surface area (Å²) in [5.74, 6) is 0.641. The lowest BCUT2D eigenvalue weighted by Gasteiger charge is -2.20. The lowest BCUT2D eigenvalue weighted by atomic mass is 9.98. The molecule has 1 heterocycles. The Morgan fingerprint density at radius 1 is 1.45 bits per heavy atom. The van der Waals surface area contributed by atoms with E-state index in [1.165, 1.54) is 23.1 Å². The van der Waals surface area contributed by atoms with E-state index in [0.717, 1.165) is 6.54 Å². The fraction of sp³-hybridized carbons (Fsp3) is 0.500. The smallest absolute Gasteiger partial charge is 0.137 e. The number of aryl methyl sites for hydroxylation is 1. The van der Waals surface area contributed by atoms with Gasteiger partial charge in [0.2, 0.25) is 0 Å². The number of aromatic nitrogens is 3. The van der Waals surface area contributed by atoms with Crippen LogP contribution in [0.5, 0.6) is 0 Å². The van der Waals surface area contributed by atoms with Crippen LogP contribution in [0.15, 0.2) is 30.9 Å². The van der Waals surface area contributed by atoms with Crippen molar-refractivity contribution < 1.29 is 0 Å². The molecule has 0 fully saturated rings. The van der Waals surface area contributed by atoms with E-state index in [0.29, 0.717) is 18.0 Å². The molecule has 1 aliphatic carbocycles. The van der Waals surface area contributed by atoms with Crippen molar-refractivity contribution in [1.29, 1.82) is 0 Å². The standard InChI is InChI=1S/C16H22N4/c1-11-5-4-6-14-15(7-12(2)16(11)14)19-13(3)8-20-10-17-9-18-20/h4-6,9-10,12-13,15,19H,7-8H2,1-3H3/t12-,13-,15-/m1/s1. The lowest BCUT2D eigenvalue weighted by Crippen LogP contribution is -2.33. The number of nitrogens with one attached hydrogen (secondary N) is 1. The Bertz CT molecular complexity index is 576. The summed E-state index contributed by atoms with van der Waals surface area (Å²) in [5.41, 5.74) is 4.43. The molecule has 1 aromatic heterocycles. The third-order valence-electron chi connectivity index (χ3n) is 4.23. The Kier molecular flexibility index (Phi) is 3.57. The largest absolute Gasteiger partial charge is 0.306 e. The van der Waals surface area contributed by atoms with Crippen molar-refractivity contribution in [2.24, 2.45) is 0 Å². The Labute approximate surface area is 120 Å². The monoisotopic (exact) mass is 270 g/mol. The first-order valence-corrected chi connectivity index (χ1v) is 7.33. The quantitative estimate of drug-likeness (QED) is 0.929. The molecule has 106 valence electrons. The van der Waals surface area contributed by atoms with E-state index >= 15 is 0 Å². The zero-order chi connectivity index (χ0) is 14.1. The van der Waals surface area contributed by atoms with Crippen molar-refractivity contribution in [3.63, 3.8) is 0 Å². The van der Waals surface area contributed by atoms with Gasteiger partial charge in [-0.3, -0.25) is 4.68 Å². The molecule has 0 saturated carbocycles. The number of fused-ring (bicyclic) bond motifs is 1. The molecule has 0 spiro atoms. The minimum atomic E-state index is 0.375. The predicted octanol–water partition coefficient (Wildman–Crippen LogP) is 2.81. The molecule has 0 unspecified atom stereocenters. The topological polar surface area (TPSA) is 42.7 Å². The number of nitrogens with zero attached hydrogens (tertiary/aromatic N) is 3. The minimum absolute atomic E-state index is 0.375. The molecule has 4 nitrogen and oxygen atoms in total. The normalized spacial score (nSPS) is 22.8. The summed E-state index contributed by atoms with van der Waals surface area (Å²) in [6.45, 7) is 7.61. The molecule has 0 amide bonds. The van der Waals surface area contributed by atoms with Crippen LogP contribution in [0.2, 0.25) is 0 Å². The molecule has 3 atom stereocenters. The summed E-state index contributed by atoms with van der Waals surface area (Å²) in [6.07, 6.45) is 4.54. The zero-order valence-corrected chi connectivity index (χ0v) is 12.4. The van der Waals surface area contributed by atoms with Crippen LogP contribution in [0.1, 0.15) is 48.9 Å². The van der Waals surface area contributed by atoms with Crippen molar-refractivity contribution in [3.8, 4) is 0 Å². The third kappa shape index (κ3) is 2.48. The average Bonchev–Trinajstić information content (AvgIpc) is 2.99. The molecule has 0 bridgehead atoms. The highest BCUT2D eigenvalue weighted by Gasteiger charge is 2.29. The van der Waals surface area contributed by atoms with E-state index < -0.39 is 0 Å². The van der Waals surface area contributed by atoms with E-state index in [-0.39, 0.29) is 0 Å². The summed E-state index contributed by atoms with van der Waals surface area (Å²) in [7, 11) is 0. The maximum absolute atomic E-state index is 4.17. The summed E-state index contributed by atoms with van der Waals surface area (Å²) < 4.78 is 1.88. The maximum atomic E-state index is 4.17. The molecular formula is C16H22N4. The van der Waals surface area contributed by atoms with Gasteiger partial charge in [-0.15, -0.1) is 0 Å². The van der Waals surface area contributed by atoms with Crippen molar-refractivity contribution in [1.82, 2.24) is 20.1 Å². The molecule has 0 radical (unpaired) electrons. The Balaban J connectivity index is 1.72. The Morgan fingerprint density at radius 2 is 2.30 bits per heavy atom. The summed E-state index contributed by atoms with van der Waals surface area (Å²) in [4.78, 5) is 3.99. The highest BCUT2D eigenvalue weighted by molar-refractivity contribution is 5.43. The van der Waals surface area contributed by atoms with Crippen molar-refractivity contribution in [2.45, 2.75) is 51.7 Å². The zero-order valence-electron chi connectivity index (χ0n) is 12.4. The summed E-state index contributed by atoms with van der Waals surface area (Å²) in [6, 6.07) is 7.49. The molecule has 0 saturated heterocycles. The molecule has 3 rings (SSSR count). The summed E-state index contributed by atoms with van der Waals surface area (Å²) >= 11 is 0. The van der Waals surface area contributed by atoms with E-state index in [2.05, 4.69) is 54.4 Å². The molecule has 1 aromatic carbocycles. The number of rotatable bonds is 4. The van der Waals surface area contributed by atoms with Crippen LogP contribution < -0.4 is 5.32 Å². The van der Waals surface area contributed by atoms with Gasteiger partial charge in [-0.1, -0.05) is 25.1 Å². The first-order valence-electron chi connectivity index (χ1n) is 7.33. The Morgan fingerprint density at radius 3 is 3.05 bits per heavy atom. The lowest BCUT2D eigenvalue weighted by molar-refractivity contribution is 0.390. The van der Waals surface area contributed by atoms with E-state index in [1.54, 1.807) is 12.7 Å². The number of benzene rings is 1. The first-order chi connectivity index (χ1) is 9.65. The van der Waals surface area contributed by atoms with E-state index in [9.17, 15) is 0 Å². The molecular weight excluding hydrogens is 248 g/mol. The first kappa shape index (κ1) is 13.3. The van der Waals surface area contributed by atoms with Crippen LogP contribution >= 0.6 is 0 Å². The van der Waals surface area contributed by atoms with E-state index in [1.807, 2.05) is 4.68 Å². The average molecular weight is 270 g/mol. The van der Waals surface area contributed by atoms with Gasteiger partial charge in [0.25, 0.3) is 0 Å². The van der Waals surface area contributed by atoms with Gasteiger partial charge in [0.15, 0.2) is 0 Å². The van der Waals surface area contributed by atoms with Gasteiger partial charge in [-0.25, -0.2) is 4.98 Å². The van der Waals surface area contributed by atoms with Crippen molar-refractivity contribution in [2.75, 3.05) is 0 Å². The SMILES string of the molecule is Cc1cccc2c1[C@H](C)C[C@H]2N[C@H](C)Cn1cncn1. The fourth-order valence-corrected chi connectivity index (χ4v) is 3.44. The molecule has 1 aliphatic rings. The van der Waals surface area contributed by atoms with Gasteiger partial charge in [-0.05, 0) is 42.9 Å². The van der Waals surface area contributed by atoms with Gasteiger partial charge in [-0.2, -0.15) is 5.10 Å². The van der Waals surface area contributed by atoms with Crippen LogP contribution in [0.25, 0.3) is 0 Å². The highest BCUT2D eigenvalue weighted by Crippen LogP contribution is 2.41. The highest BCUT2D eigenvalue weighted by atomic mass is 15.3. The number of hydrogen-bond acceptors (Lipinski definition) is 3. The van der Waals surface area contributed by atoms with Crippen LogP contribution in [0.4, 0.5) is 0 Å². The van der Waals surface area contributed by atoms with Crippen LogP contribution in [0, 0.1) is 6.92 Å². The van der Waals surface area contributed by atoms with Crippen LogP contribution in [0.3, 0.4) is 0 Å². The maximum Gasteiger partial charge on any atom is 0.137 e. The minimum Gasteiger partial charge on any atom is -0.306 e. The molecule has 1 N–H and O–H groups in total. The van der Waals surface area contributed by atoms with E-state index in [4.69, 9.17) is 0 Å². The van der Waals surface area contributed by atoms with Gasteiger partial charge in [0.1, 0.15) is 12.7 Å². The second kappa shape index (κ2) is 5.37. The second-order valence-electron chi connectivity index (χ2n) is 5.95. The molecule has 0 aliphatic heterocycles. The second-order valence-corrected chi connectivity index (χ2v) is 5.95. The van der Waals surface area contributed by atoms with Gasteiger partial charge in [0.05, 0.1) is 6.54 Å². The van der Waals surface area contributed by atoms with Crippen LogP contribution in [-0.4, -0.2) is 20.8 Å². The molecule has 2 aromatic rings. The van der Waals surface area contributed by atoms with Gasteiger partial charge < -0.3 is 5.32 Å². The molecule has 20 heavy (non-hydrogen) atoms. The predicted molar refractivity (Wildman–Crippen MR) is 79.6 cm³/mol. The fourth-order valence-electron chi connectivity index (χ4n) is 3.44. The molecule has 4 heteroatoms. The van der Waals surface area contributed by atoms with Gasteiger partial charge >= 0.3 is 0 Å². The van der Waals surface area contributed by atoms with Gasteiger partial charge in [0, 0.05) is 12.1 Å². The Hall–Kier alpha value is -1.68. The summed E-state index contributed by atoms with van der Waals surface area (Å²) in [5, 5.41) is 7.91. The van der Waals surface area contributed by atoms with Crippen molar-refractivity contribution in [3.05, 3.63) is 47.5 Å². The van der Waals surface area contributed by atoms with Crippen molar-refractivity contribution >= 4 is 0 Å².